The molecule has 10 heteroatoms. The second-order valence-electron chi connectivity index (χ2n) is 9.64. The van der Waals surface area contributed by atoms with E-state index in [0.29, 0.717) is 25.2 Å². The van der Waals surface area contributed by atoms with Gasteiger partial charge in [0.05, 0.1) is 17.2 Å². The van der Waals surface area contributed by atoms with E-state index in [4.69, 9.17) is 4.74 Å². The summed E-state index contributed by atoms with van der Waals surface area (Å²) in [5, 5.41) is 2.95. The van der Waals surface area contributed by atoms with Crippen molar-refractivity contribution in [2.45, 2.75) is 64.1 Å². The van der Waals surface area contributed by atoms with Crippen LogP contribution in [0.25, 0.3) is 0 Å². The highest BCUT2D eigenvalue weighted by Crippen LogP contribution is 2.26. The standard InChI is InChI=1S/C31H38FN3O5S/c1-5-23(4)33-31(37)29(6-2)34(21-24-11-9-8-10-12-24)30(36)22-35(26-15-13-25(32)14-16-26)41(38,39)28-19-17-27(18-20-28)40-7-3/h8-20,23,29H,5-7,21-22H2,1-4H3,(H,33,37)/t23-,29-/m0/s1. The van der Waals surface area contributed by atoms with Gasteiger partial charge in [0, 0.05) is 12.6 Å². The van der Waals surface area contributed by atoms with Gasteiger partial charge in [0.25, 0.3) is 10.0 Å². The maximum atomic E-state index is 14.0. The molecule has 0 aliphatic heterocycles. The summed E-state index contributed by atoms with van der Waals surface area (Å²) in [5.41, 5.74) is 0.906. The second kappa shape index (κ2) is 14.6. The number of carbonyl (C=O) groups is 2. The van der Waals surface area contributed by atoms with Crippen LogP contribution in [-0.4, -0.2) is 50.4 Å². The van der Waals surface area contributed by atoms with Gasteiger partial charge in [-0.2, -0.15) is 0 Å². The van der Waals surface area contributed by atoms with Gasteiger partial charge in [-0.05, 0) is 80.8 Å². The zero-order valence-corrected chi connectivity index (χ0v) is 24.7. The molecule has 0 saturated heterocycles. The molecule has 0 heterocycles. The quantitative estimate of drug-likeness (QED) is 0.284. The van der Waals surface area contributed by atoms with Crippen molar-refractivity contribution < 1.29 is 27.1 Å². The fraction of sp³-hybridized carbons (Fsp3) is 0.355. The normalized spacial score (nSPS) is 12.7. The van der Waals surface area contributed by atoms with Gasteiger partial charge < -0.3 is 15.0 Å². The first-order valence-corrected chi connectivity index (χ1v) is 15.2. The highest BCUT2D eigenvalue weighted by atomic mass is 32.2. The van der Waals surface area contributed by atoms with Crippen LogP contribution in [0.5, 0.6) is 5.75 Å². The van der Waals surface area contributed by atoms with Gasteiger partial charge in [-0.15, -0.1) is 0 Å². The minimum absolute atomic E-state index is 0.0609. The molecule has 0 saturated carbocycles. The number of carbonyl (C=O) groups excluding carboxylic acids is 2. The van der Waals surface area contributed by atoms with E-state index >= 15 is 0 Å². The molecule has 1 N–H and O–H groups in total. The van der Waals surface area contributed by atoms with Crippen molar-refractivity contribution >= 4 is 27.5 Å². The average Bonchev–Trinajstić information content (AvgIpc) is 2.97. The number of halogens is 1. The van der Waals surface area contributed by atoms with Gasteiger partial charge in [0.15, 0.2) is 0 Å². The number of anilines is 1. The molecule has 0 spiro atoms. The third-order valence-corrected chi connectivity index (χ3v) is 8.49. The Morgan fingerprint density at radius 2 is 1.54 bits per heavy atom. The van der Waals surface area contributed by atoms with Crippen LogP contribution in [-0.2, 0) is 26.2 Å². The summed E-state index contributed by atoms with van der Waals surface area (Å²) in [5.74, 6) is -0.923. The molecule has 0 radical (unpaired) electrons. The first kappa shape index (κ1) is 31.6. The predicted molar refractivity (Wildman–Crippen MR) is 158 cm³/mol. The minimum atomic E-state index is -4.27. The topological polar surface area (TPSA) is 96.0 Å². The molecule has 0 bridgehead atoms. The maximum absolute atomic E-state index is 14.0. The monoisotopic (exact) mass is 583 g/mol. The predicted octanol–water partition coefficient (Wildman–Crippen LogP) is 5.14. The summed E-state index contributed by atoms with van der Waals surface area (Å²) in [4.78, 5) is 28.7. The lowest BCUT2D eigenvalue weighted by Gasteiger charge is -2.33. The molecule has 2 atom stereocenters. The molecule has 0 aliphatic rings. The van der Waals surface area contributed by atoms with Crippen molar-refractivity contribution in [3.8, 4) is 5.75 Å². The van der Waals surface area contributed by atoms with Crippen molar-refractivity contribution in [1.29, 1.82) is 0 Å². The van der Waals surface area contributed by atoms with Crippen LogP contribution >= 0.6 is 0 Å². The molecular weight excluding hydrogens is 545 g/mol. The number of benzene rings is 3. The molecule has 0 aromatic heterocycles. The van der Waals surface area contributed by atoms with Gasteiger partial charge >= 0.3 is 0 Å². The lowest BCUT2D eigenvalue weighted by atomic mass is 10.1. The number of rotatable bonds is 14. The third kappa shape index (κ3) is 8.29. The van der Waals surface area contributed by atoms with E-state index in [2.05, 4.69) is 5.32 Å². The molecular formula is C31H38FN3O5S. The Morgan fingerprint density at radius 1 is 0.902 bits per heavy atom. The highest BCUT2D eigenvalue weighted by molar-refractivity contribution is 7.92. The van der Waals surface area contributed by atoms with E-state index in [9.17, 15) is 22.4 Å². The zero-order valence-electron chi connectivity index (χ0n) is 23.9. The molecule has 2 amide bonds. The Kier molecular flexibility index (Phi) is 11.3. The van der Waals surface area contributed by atoms with Crippen LogP contribution in [0.15, 0.2) is 83.8 Å². The van der Waals surface area contributed by atoms with Crippen molar-refractivity contribution in [2.75, 3.05) is 17.5 Å². The van der Waals surface area contributed by atoms with Gasteiger partial charge in [-0.1, -0.05) is 44.2 Å². The van der Waals surface area contributed by atoms with E-state index in [1.54, 1.807) is 6.92 Å². The average molecular weight is 584 g/mol. The molecule has 3 aromatic rings. The number of ether oxygens (including phenoxy) is 1. The van der Waals surface area contributed by atoms with Crippen LogP contribution in [0.4, 0.5) is 10.1 Å². The van der Waals surface area contributed by atoms with Crippen molar-refractivity contribution in [1.82, 2.24) is 10.2 Å². The van der Waals surface area contributed by atoms with E-state index in [0.717, 1.165) is 22.0 Å². The fourth-order valence-corrected chi connectivity index (χ4v) is 5.69. The van der Waals surface area contributed by atoms with E-state index in [1.807, 2.05) is 51.1 Å². The molecule has 41 heavy (non-hydrogen) atoms. The molecule has 0 fully saturated rings. The molecule has 8 nitrogen and oxygen atoms in total. The number of hydrogen-bond donors (Lipinski definition) is 1. The fourth-order valence-electron chi connectivity index (χ4n) is 4.28. The Hall–Kier alpha value is -3.92. The lowest BCUT2D eigenvalue weighted by Crippen LogP contribution is -2.53. The summed E-state index contributed by atoms with van der Waals surface area (Å²) in [6.45, 7) is 7.39. The number of nitrogens with one attached hydrogen (secondary N) is 1. The zero-order chi connectivity index (χ0) is 30.0. The van der Waals surface area contributed by atoms with E-state index in [-0.39, 0.29) is 29.1 Å². The first-order valence-electron chi connectivity index (χ1n) is 13.8. The first-order chi connectivity index (χ1) is 19.6. The Morgan fingerprint density at radius 3 is 2.10 bits per heavy atom. The van der Waals surface area contributed by atoms with Crippen LogP contribution in [0.3, 0.4) is 0 Å². The Bertz CT molecular complexity index is 1380. The molecule has 220 valence electrons. The Labute approximate surface area is 242 Å². The van der Waals surface area contributed by atoms with Gasteiger partial charge in [0.2, 0.25) is 11.8 Å². The van der Waals surface area contributed by atoms with Crippen LogP contribution in [0, 0.1) is 5.82 Å². The summed E-state index contributed by atoms with van der Waals surface area (Å²) < 4.78 is 48.0. The second-order valence-corrected chi connectivity index (χ2v) is 11.5. The van der Waals surface area contributed by atoms with Gasteiger partial charge in [-0.3, -0.25) is 13.9 Å². The van der Waals surface area contributed by atoms with Crippen LogP contribution in [0.2, 0.25) is 0 Å². The number of amides is 2. The summed E-state index contributed by atoms with van der Waals surface area (Å²) >= 11 is 0. The SMILES string of the molecule is CCOc1ccc(S(=O)(=O)N(CC(=O)N(Cc2ccccc2)[C@@H](CC)C(=O)N[C@@H](C)CC)c2ccc(F)cc2)cc1. The van der Waals surface area contributed by atoms with Crippen molar-refractivity contribution in [3.63, 3.8) is 0 Å². The number of hydrogen-bond acceptors (Lipinski definition) is 5. The van der Waals surface area contributed by atoms with Crippen molar-refractivity contribution in [3.05, 3.63) is 90.2 Å². The lowest BCUT2D eigenvalue weighted by molar-refractivity contribution is -0.140. The molecule has 3 rings (SSSR count). The molecule has 0 aliphatic carbocycles. The van der Waals surface area contributed by atoms with Crippen LogP contribution < -0.4 is 14.4 Å². The smallest absolute Gasteiger partial charge is 0.264 e. The maximum Gasteiger partial charge on any atom is 0.264 e. The largest absolute Gasteiger partial charge is 0.494 e. The summed E-state index contributed by atoms with van der Waals surface area (Å²) in [6, 6.07) is 19.0. The van der Waals surface area contributed by atoms with Gasteiger partial charge in [0.1, 0.15) is 24.2 Å². The molecule has 3 aromatic carbocycles. The minimum Gasteiger partial charge on any atom is -0.494 e. The highest BCUT2D eigenvalue weighted by Gasteiger charge is 2.34. The third-order valence-electron chi connectivity index (χ3n) is 6.70. The molecule has 0 unspecified atom stereocenters. The summed E-state index contributed by atoms with van der Waals surface area (Å²) in [7, 11) is -4.27. The van der Waals surface area contributed by atoms with E-state index < -0.39 is 34.3 Å². The van der Waals surface area contributed by atoms with Crippen LogP contribution in [0.1, 0.15) is 46.1 Å². The summed E-state index contributed by atoms with van der Waals surface area (Å²) in [6.07, 6.45) is 1.04. The van der Waals surface area contributed by atoms with E-state index in [1.165, 1.54) is 41.3 Å². The number of sulfonamides is 1. The number of nitrogens with zero attached hydrogens (tertiary/aromatic N) is 2. The Balaban J connectivity index is 2.03. The van der Waals surface area contributed by atoms with Gasteiger partial charge in [-0.25, -0.2) is 12.8 Å². The van der Waals surface area contributed by atoms with Crippen molar-refractivity contribution in [2.24, 2.45) is 0 Å².